The molecule has 1 aromatic heterocycles. The maximum absolute atomic E-state index is 11.0. The zero-order chi connectivity index (χ0) is 21.5. The fourth-order valence-corrected chi connectivity index (χ4v) is 5.29. The van der Waals surface area contributed by atoms with Gasteiger partial charge in [-0.3, -0.25) is 4.79 Å². The normalized spacial score (nSPS) is 10.9. The summed E-state index contributed by atoms with van der Waals surface area (Å²) < 4.78 is 5.57. The summed E-state index contributed by atoms with van der Waals surface area (Å²) in [6.07, 6.45) is 2.96. The highest BCUT2D eigenvalue weighted by Gasteiger charge is 2.12. The zero-order valence-corrected chi connectivity index (χ0v) is 19.4. The van der Waals surface area contributed by atoms with Crippen LogP contribution in [0, 0.1) is 6.92 Å². The van der Waals surface area contributed by atoms with E-state index in [-0.39, 0.29) is 6.61 Å². The standard InChI is InChI=1S/C24H28N2O2S2/c1-4-6-19-13-20(11-12-21(19)28-14-23(25)27)29-15-22-16(3)26-24(30-22)18-9-7-17(5-2)8-10-18/h7-13H,4-6,14-15H2,1-3H3,(H2,25,27). The lowest BCUT2D eigenvalue weighted by Crippen LogP contribution is -2.20. The van der Waals surface area contributed by atoms with Crippen molar-refractivity contribution in [1.29, 1.82) is 0 Å². The van der Waals surface area contributed by atoms with Crippen molar-refractivity contribution in [2.75, 3.05) is 6.61 Å². The molecular formula is C24H28N2O2S2. The molecule has 0 spiro atoms. The van der Waals surface area contributed by atoms with Crippen LogP contribution >= 0.6 is 23.1 Å². The molecule has 1 amide bonds. The Labute approximate surface area is 186 Å². The van der Waals surface area contributed by atoms with Crippen molar-refractivity contribution >= 4 is 29.0 Å². The summed E-state index contributed by atoms with van der Waals surface area (Å²) >= 11 is 3.56. The second-order valence-corrected chi connectivity index (χ2v) is 9.27. The van der Waals surface area contributed by atoms with Crippen LogP contribution in [0.5, 0.6) is 5.75 Å². The van der Waals surface area contributed by atoms with Crippen molar-refractivity contribution in [3.63, 3.8) is 0 Å². The van der Waals surface area contributed by atoms with Gasteiger partial charge in [0.15, 0.2) is 6.61 Å². The summed E-state index contributed by atoms with van der Waals surface area (Å²) in [6.45, 7) is 6.29. The Kier molecular flexibility index (Phi) is 7.94. The Hall–Kier alpha value is -2.31. The SMILES string of the molecule is CCCc1cc(SCc2sc(-c3ccc(CC)cc3)nc2C)ccc1OCC(N)=O. The molecule has 4 nitrogen and oxygen atoms in total. The average Bonchev–Trinajstić information content (AvgIpc) is 3.12. The van der Waals surface area contributed by atoms with Gasteiger partial charge in [0, 0.05) is 21.1 Å². The van der Waals surface area contributed by atoms with Gasteiger partial charge >= 0.3 is 0 Å². The number of aromatic nitrogens is 1. The van der Waals surface area contributed by atoms with Gasteiger partial charge in [0.1, 0.15) is 10.8 Å². The third-order valence-electron chi connectivity index (χ3n) is 4.79. The highest BCUT2D eigenvalue weighted by atomic mass is 32.2. The molecule has 0 radical (unpaired) electrons. The Bertz CT molecular complexity index is 997. The van der Waals surface area contributed by atoms with Gasteiger partial charge in [0.05, 0.1) is 5.69 Å². The third-order valence-corrected chi connectivity index (χ3v) is 7.20. The molecule has 0 aliphatic carbocycles. The molecule has 3 aromatic rings. The van der Waals surface area contributed by atoms with Crippen molar-refractivity contribution < 1.29 is 9.53 Å². The Morgan fingerprint density at radius 1 is 1.17 bits per heavy atom. The number of ether oxygens (including phenoxy) is 1. The number of nitrogens with zero attached hydrogens (tertiary/aromatic N) is 1. The van der Waals surface area contributed by atoms with E-state index in [0.717, 1.165) is 47.0 Å². The first-order valence-electron chi connectivity index (χ1n) is 10.2. The van der Waals surface area contributed by atoms with Crippen molar-refractivity contribution in [1.82, 2.24) is 4.98 Å². The van der Waals surface area contributed by atoms with Crippen LogP contribution in [0.4, 0.5) is 0 Å². The first-order chi connectivity index (χ1) is 14.5. The molecule has 0 aliphatic heterocycles. The van der Waals surface area contributed by atoms with E-state index in [1.807, 2.05) is 12.1 Å². The van der Waals surface area contributed by atoms with Crippen LogP contribution in [0.15, 0.2) is 47.4 Å². The number of nitrogens with two attached hydrogens (primary N) is 1. The molecule has 3 rings (SSSR count). The summed E-state index contributed by atoms with van der Waals surface area (Å²) in [6, 6.07) is 14.8. The van der Waals surface area contributed by atoms with Crippen molar-refractivity contribution in [3.05, 3.63) is 64.2 Å². The van der Waals surface area contributed by atoms with E-state index >= 15 is 0 Å². The molecule has 0 fully saturated rings. The second-order valence-electron chi connectivity index (χ2n) is 7.14. The minimum absolute atomic E-state index is 0.0920. The molecule has 30 heavy (non-hydrogen) atoms. The van der Waals surface area contributed by atoms with Gasteiger partial charge in [0.2, 0.25) is 0 Å². The lowest BCUT2D eigenvalue weighted by atomic mass is 10.1. The minimum Gasteiger partial charge on any atom is -0.484 e. The van der Waals surface area contributed by atoms with Crippen molar-refractivity contribution in [3.8, 4) is 16.3 Å². The molecule has 2 aromatic carbocycles. The predicted molar refractivity (Wildman–Crippen MR) is 126 cm³/mol. The number of thioether (sulfide) groups is 1. The molecule has 0 atom stereocenters. The van der Waals surface area contributed by atoms with Crippen molar-refractivity contribution in [2.24, 2.45) is 5.73 Å². The van der Waals surface area contributed by atoms with Crippen LogP contribution in [0.3, 0.4) is 0 Å². The first kappa shape index (κ1) is 22.4. The van der Waals surface area contributed by atoms with Crippen LogP contribution in [0.2, 0.25) is 0 Å². The smallest absolute Gasteiger partial charge is 0.255 e. The Morgan fingerprint density at radius 2 is 1.93 bits per heavy atom. The van der Waals surface area contributed by atoms with Gasteiger partial charge < -0.3 is 10.5 Å². The molecule has 6 heteroatoms. The second kappa shape index (κ2) is 10.6. The summed E-state index contributed by atoms with van der Waals surface area (Å²) in [5.74, 6) is 1.16. The summed E-state index contributed by atoms with van der Waals surface area (Å²) in [4.78, 5) is 18.3. The van der Waals surface area contributed by atoms with E-state index in [1.165, 1.54) is 20.9 Å². The zero-order valence-electron chi connectivity index (χ0n) is 17.7. The largest absolute Gasteiger partial charge is 0.484 e. The Balaban J connectivity index is 1.70. The van der Waals surface area contributed by atoms with Gasteiger partial charge in [-0.05, 0) is 49.1 Å². The molecular weight excluding hydrogens is 412 g/mol. The van der Waals surface area contributed by atoms with Crippen LogP contribution in [0.25, 0.3) is 10.6 Å². The highest BCUT2D eigenvalue weighted by molar-refractivity contribution is 7.98. The molecule has 0 saturated carbocycles. The maximum atomic E-state index is 11.0. The predicted octanol–water partition coefficient (Wildman–Crippen LogP) is 5.79. The fourth-order valence-electron chi connectivity index (χ4n) is 3.12. The molecule has 0 unspecified atom stereocenters. The quantitative estimate of drug-likeness (QED) is 0.405. The number of primary amides is 1. The first-order valence-corrected chi connectivity index (χ1v) is 12.0. The van der Waals surface area contributed by atoms with Gasteiger partial charge in [0.25, 0.3) is 5.91 Å². The van der Waals surface area contributed by atoms with E-state index in [0.29, 0.717) is 0 Å². The van der Waals surface area contributed by atoms with Gasteiger partial charge in [-0.2, -0.15) is 0 Å². The highest BCUT2D eigenvalue weighted by Crippen LogP contribution is 2.34. The number of hydrogen-bond acceptors (Lipinski definition) is 5. The number of amides is 1. The van der Waals surface area contributed by atoms with E-state index in [9.17, 15) is 4.79 Å². The summed E-state index contributed by atoms with van der Waals surface area (Å²) in [5.41, 5.74) is 9.93. The molecule has 1 heterocycles. The number of rotatable bonds is 10. The lowest BCUT2D eigenvalue weighted by Gasteiger charge is -2.11. The summed E-state index contributed by atoms with van der Waals surface area (Å²) in [5, 5.41) is 1.08. The van der Waals surface area contributed by atoms with E-state index < -0.39 is 5.91 Å². The summed E-state index contributed by atoms with van der Waals surface area (Å²) in [7, 11) is 0. The molecule has 0 bridgehead atoms. The van der Waals surface area contributed by atoms with Gasteiger partial charge in [-0.25, -0.2) is 4.98 Å². The average molecular weight is 441 g/mol. The lowest BCUT2D eigenvalue weighted by molar-refractivity contribution is -0.119. The minimum atomic E-state index is -0.461. The Morgan fingerprint density at radius 3 is 2.60 bits per heavy atom. The third kappa shape index (κ3) is 5.86. The number of benzene rings is 2. The van der Waals surface area contributed by atoms with E-state index in [2.05, 4.69) is 51.1 Å². The van der Waals surface area contributed by atoms with E-state index in [4.69, 9.17) is 15.5 Å². The molecule has 0 saturated heterocycles. The molecule has 158 valence electrons. The van der Waals surface area contributed by atoms with Crippen LogP contribution in [0.1, 0.15) is 42.0 Å². The number of carbonyl (C=O) groups excluding carboxylic acids is 1. The topological polar surface area (TPSA) is 65.2 Å². The van der Waals surface area contributed by atoms with E-state index in [1.54, 1.807) is 23.1 Å². The molecule has 0 aliphatic rings. The molecule has 2 N–H and O–H groups in total. The van der Waals surface area contributed by atoms with Crippen molar-refractivity contribution in [2.45, 2.75) is 50.7 Å². The van der Waals surface area contributed by atoms with Crippen LogP contribution < -0.4 is 10.5 Å². The number of thiazole rings is 1. The number of aryl methyl sites for hydroxylation is 3. The maximum Gasteiger partial charge on any atom is 0.255 e. The van der Waals surface area contributed by atoms with Gasteiger partial charge in [-0.15, -0.1) is 23.1 Å². The number of hydrogen-bond donors (Lipinski definition) is 1. The van der Waals surface area contributed by atoms with Crippen LogP contribution in [-0.2, 0) is 23.4 Å². The fraction of sp³-hybridized carbons (Fsp3) is 0.333. The van der Waals surface area contributed by atoms with Gasteiger partial charge in [-0.1, -0.05) is 44.5 Å². The monoisotopic (exact) mass is 440 g/mol. The van der Waals surface area contributed by atoms with Crippen LogP contribution in [-0.4, -0.2) is 17.5 Å². The number of carbonyl (C=O) groups is 1.